The molecule has 4 nitrogen and oxygen atoms in total. The molecule has 2 atom stereocenters. The van der Waals surface area contributed by atoms with Crippen molar-refractivity contribution < 1.29 is 22.8 Å². The van der Waals surface area contributed by atoms with E-state index in [1.54, 1.807) is 6.07 Å². The normalized spacial score (nSPS) is 17.9. The standard InChI is InChI=1S/C26H21Cl2F3N2O2/c27-19-9-10-20(23(28)12-19)25(35)33-14-21(17-7-4-8-18(11-17)26(29,30)31)22(15-33)24(34)32-13-16-5-2-1-3-6-16/h1-12,21-22H,13-15H2,(H,32,34). The van der Waals surface area contributed by atoms with E-state index in [9.17, 15) is 22.8 Å². The second-order valence-corrected chi connectivity index (χ2v) is 9.22. The summed E-state index contributed by atoms with van der Waals surface area (Å²) in [6, 6.07) is 18.6. The fourth-order valence-electron chi connectivity index (χ4n) is 4.27. The van der Waals surface area contributed by atoms with Crippen molar-refractivity contribution in [3.05, 3.63) is 105 Å². The summed E-state index contributed by atoms with van der Waals surface area (Å²) in [6.45, 7) is 0.379. The number of benzene rings is 3. The average molecular weight is 521 g/mol. The number of rotatable bonds is 5. The lowest BCUT2D eigenvalue weighted by Gasteiger charge is -2.19. The van der Waals surface area contributed by atoms with Gasteiger partial charge in [0.15, 0.2) is 0 Å². The highest BCUT2D eigenvalue weighted by Gasteiger charge is 2.41. The minimum atomic E-state index is -4.52. The largest absolute Gasteiger partial charge is 0.416 e. The SMILES string of the molecule is O=C(NCc1ccccc1)C1CN(C(=O)c2ccc(Cl)cc2Cl)CC1c1cccc(C(F)(F)F)c1. The summed E-state index contributed by atoms with van der Waals surface area (Å²) in [4.78, 5) is 27.9. The van der Waals surface area contributed by atoms with Gasteiger partial charge in [-0.2, -0.15) is 13.2 Å². The third-order valence-corrected chi connectivity index (χ3v) is 6.60. The van der Waals surface area contributed by atoms with Crippen LogP contribution < -0.4 is 5.32 Å². The van der Waals surface area contributed by atoms with E-state index in [0.717, 1.165) is 17.7 Å². The Balaban J connectivity index is 1.62. The Kier molecular flexibility index (Phi) is 7.38. The van der Waals surface area contributed by atoms with Gasteiger partial charge in [0.25, 0.3) is 5.91 Å². The summed E-state index contributed by atoms with van der Waals surface area (Å²) in [6.07, 6.45) is -4.52. The molecule has 182 valence electrons. The molecule has 1 saturated heterocycles. The molecule has 0 aliphatic carbocycles. The summed E-state index contributed by atoms with van der Waals surface area (Å²) in [7, 11) is 0. The maximum atomic E-state index is 13.4. The first-order valence-electron chi connectivity index (χ1n) is 10.9. The van der Waals surface area contributed by atoms with Gasteiger partial charge in [-0.25, -0.2) is 0 Å². The Hall–Kier alpha value is -3.03. The van der Waals surface area contributed by atoms with Crippen molar-refractivity contribution in [2.24, 2.45) is 5.92 Å². The molecule has 4 rings (SSSR count). The Labute approximate surface area is 210 Å². The zero-order chi connectivity index (χ0) is 25.2. The van der Waals surface area contributed by atoms with Gasteiger partial charge in [0, 0.05) is 30.6 Å². The second-order valence-electron chi connectivity index (χ2n) is 8.37. The number of hydrogen-bond donors (Lipinski definition) is 1. The van der Waals surface area contributed by atoms with Crippen LogP contribution in [0.3, 0.4) is 0 Å². The Morgan fingerprint density at radius 2 is 1.69 bits per heavy atom. The van der Waals surface area contributed by atoms with Crippen molar-refractivity contribution >= 4 is 35.0 Å². The molecule has 0 radical (unpaired) electrons. The summed E-state index contributed by atoms with van der Waals surface area (Å²) >= 11 is 12.1. The third-order valence-electron chi connectivity index (χ3n) is 6.06. The van der Waals surface area contributed by atoms with Gasteiger partial charge >= 0.3 is 6.18 Å². The van der Waals surface area contributed by atoms with Gasteiger partial charge < -0.3 is 10.2 Å². The molecule has 2 unspecified atom stereocenters. The average Bonchev–Trinajstić information content (AvgIpc) is 3.28. The Morgan fingerprint density at radius 3 is 2.37 bits per heavy atom. The molecule has 35 heavy (non-hydrogen) atoms. The lowest BCUT2D eigenvalue weighted by atomic mass is 9.87. The molecule has 0 saturated carbocycles. The van der Waals surface area contributed by atoms with Crippen LogP contribution in [0.15, 0.2) is 72.8 Å². The number of nitrogens with zero attached hydrogens (tertiary/aromatic N) is 1. The van der Waals surface area contributed by atoms with Crippen LogP contribution in [-0.2, 0) is 17.5 Å². The van der Waals surface area contributed by atoms with Gasteiger partial charge in [0.05, 0.1) is 22.1 Å². The van der Waals surface area contributed by atoms with Crippen LogP contribution in [0.1, 0.15) is 33.0 Å². The number of nitrogens with one attached hydrogen (secondary N) is 1. The van der Waals surface area contributed by atoms with E-state index in [4.69, 9.17) is 23.2 Å². The van der Waals surface area contributed by atoms with Crippen molar-refractivity contribution in [3.8, 4) is 0 Å². The zero-order valence-corrected chi connectivity index (χ0v) is 19.9. The molecule has 9 heteroatoms. The number of amides is 2. The smallest absolute Gasteiger partial charge is 0.352 e. The number of alkyl halides is 3. The number of carbonyl (C=O) groups excluding carboxylic acids is 2. The van der Waals surface area contributed by atoms with E-state index >= 15 is 0 Å². The highest BCUT2D eigenvalue weighted by Crippen LogP contribution is 2.37. The van der Waals surface area contributed by atoms with E-state index in [0.29, 0.717) is 10.6 Å². The van der Waals surface area contributed by atoms with Gasteiger partial charge in [-0.3, -0.25) is 9.59 Å². The quantitative estimate of drug-likeness (QED) is 0.436. The van der Waals surface area contributed by atoms with Crippen molar-refractivity contribution in [2.75, 3.05) is 13.1 Å². The molecule has 0 bridgehead atoms. The molecule has 1 heterocycles. The van der Waals surface area contributed by atoms with E-state index in [2.05, 4.69) is 5.32 Å². The van der Waals surface area contributed by atoms with Crippen LogP contribution in [0.25, 0.3) is 0 Å². The molecule has 1 aliphatic heterocycles. The maximum absolute atomic E-state index is 13.4. The van der Waals surface area contributed by atoms with E-state index < -0.39 is 29.5 Å². The summed E-state index contributed by atoms with van der Waals surface area (Å²) in [5, 5.41) is 3.39. The minimum absolute atomic E-state index is 0.0410. The minimum Gasteiger partial charge on any atom is -0.352 e. The number of carbonyl (C=O) groups is 2. The van der Waals surface area contributed by atoms with E-state index in [-0.39, 0.29) is 36.1 Å². The van der Waals surface area contributed by atoms with Crippen LogP contribution in [0.5, 0.6) is 0 Å². The van der Waals surface area contributed by atoms with Gasteiger partial charge in [-0.15, -0.1) is 0 Å². The lowest BCUT2D eigenvalue weighted by Crippen LogP contribution is -2.35. The number of halogens is 5. The highest BCUT2D eigenvalue weighted by molar-refractivity contribution is 6.36. The topological polar surface area (TPSA) is 49.4 Å². The van der Waals surface area contributed by atoms with Crippen molar-refractivity contribution in [1.82, 2.24) is 10.2 Å². The van der Waals surface area contributed by atoms with Gasteiger partial charge in [0.2, 0.25) is 5.91 Å². The molecule has 0 aromatic heterocycles. The zero-order valence-electron chi connectivity index (χ0n) is 18.4. The van der Waals surface area contributed by atoms with E-state index in [1.165, 1.54) is 29.2 Å². The summed E-state index contributed by atoms with van der Waals surface area (Å²) in [5.41, 5.74) is 0.640. The number of likely N-dealkylation sites (tertiary alicyclic amines) is 1. The maximum Gasteiger partial charge on any atom is 0.416 e. The van der Waals surface area contributed by atoms with Crippen molar-refractivity contribution in [3.63, 3.8) is 0 Å². The summed E-state index contributed by atoms with van der Waals surface area (Å²) in [5.74, 6) is -2.11. The molecule has 1 N–H and O–H groups in total. The second kappa shape index (κ2) is 10.3. The molecule has 1 aliphatic rings. The molecule has 3 aromatic carbocycles. The molecular weight excluding hydrogens is 500 g/mol. The Morgan fingerprint density at radius 1 is 0.943 bits per heavy atom. The van der Waals surface area contributed by atoms with Gasteiger partial charge in [-0.1, -0.05) is 71.7 Å². The van der Waals surface area contributed by atoms with Crippen LogP contribution >= 0.6 is 23.2 Å². The third kappa shape index (κ3) is 5.80. The first kappa shape index (κ1) is 25.1. The van der Waals surface area contributed by atoms with Crippen LogP contribution in [0.4, 0.5) is 13.2 Å². The van der Waals surface area contributed by atoms with Crippen LogP contribution in [-0.4, -0.2) is 29.8 Å². The molecule has 2 amide bonds. The summed E-state index contributed by atoms with van der Waals surface area (Å²) < 4.78 is 40.1. The first-order valence-corrected chi connectivity index (χ1v) is 11.6. The fraction of sp³-hybridized carbons (Fsp3) is 0.231. The highest BCUT2D eigenvalue weighted by atomic mass is 35.5. The lowest BCUT2D eigenvalue weighted by molar-refractivity contribution is -0.137. The van der Waals surface area contributed by atoms with Crippen molar-refractivity contribution in [2.45, 2.75) is 18.6 Å². The van der Waals surface area contributed by atoms with Crippen LogP contribution in [0.2, 0.25) is 10.0 Å². The van der Waals surface area contributed by atoms with Crippen LogP contribution in [0, 0.1) is 5.92 Å². The van der Waals surface area contributed by atoms with Crippen molar-refractivity contribution in [1.29, 1.82) is 0 Å². The Bertz CT molecular complexity index is 1230. The molecule has 3 aromatic rings. The number of hydrogen-bond acceptors (Lipinski definition) is 2. The van der Waals surface area contributed by atoms with Gasteiger partial charge in [-0.05, 0) is 35.4 Å². The predicted octanol–water partition coefficient (Wildman–Crippen LogP) is 6.18. The molecular formula is C26H21Cl2F3N2O2. The van der Waals surface area contributed by atoms with E-state index in [1.807, 2.05) is 30.3 Å². The first-order chi connectivity index (χ1) is 16.6. The monoisotopic (exact) mass is 520 g/mol. The molecule has 0 spiro atoms. The predicted molar refractivity (Wildman–Crippen MR) is 128 cm³/mol. The fourth-order valence-corrected chi connectivity index (χ4v) is 4.76. The van der Waals surface area contributed by atoms with Gasteiger partial charge in [0.1, 0.15) is 0 Å². The molecule has 1 fully saturated rings.